The second-order valence-corrected chi connectivity index (χ2v) is 7.97. The number of carbonyl (C=O) groups is 2. The maximum atomic E-state index is 12.1. The van der Waals surface area contributed by atoms with E-state index in [2.05, 4.69) is 5.32 Å². The molecule has 9 nitrogen and oxygen atoms in total. The van der Waals surface area contributed by atoms with Gasteiger partial charge in [0.05, 0.1) is 26.2 Å². The lowest BCUT2D eigenvalue weighted by molar-refractivity contribution is -0.280. The zero-order chi connectivity index (χ0) is 24.3. The van der Waals surface area contributed by atoms with Gasteiger partial charge in [0, 0.05) is 6.92 Å². The van der Waals surface area contributed by atoms with Crippen molar-refractivity contribution in [3.8, 4) is 0 Å². The number of ether oxygens (including phenoxy) is 4. The number of benzene rings is 2. The first kappa shape index (κ1) is 25.8. The van der Waals surface area contributed by atoms with Gasteiger partial charge >= 0.3 is 5.97 Å². The van der Waals surface area contributed by atoms with Crippen LogP contribution < -0.4 is 5.32 Å². The molecule has 1 heterocycles. The third-order valence-electron chi connectivity index (χ3n) is 5.34. The first-order valence-corrected chi connectivity index (χ1v) is 11.2. The summed E-state index contributed by atoms with van der Waals surface area (Å²) in [5.74, 6) is -0.829. The summed E-state index contributed by atoms with van der Waals surface area (Å²) in [4.78, 5) is 24.0. The molecule has 0 radical (unpaired) electrons. The Bertz CT molecular complexity index is 894. The van der Waals surface area contributed by atoms with Gasteiger partial charge in [-0.05, 0) is 11.1 Å². The summed E-state index contributed by atoms with van der Waals surface area (Å²) in [6, 6.07) is 17.8. The van der Waals surface area contributed by atoms with E-state index < -0.39 is 43.2 Å². The zero-order valence-electron chi connectivity index (χ0n) is 19.0. The number of amides is 1. The van der Waals surface area contributed by atoms with Crippen molar-refractivity contribution in [1.29, 1.82) is 0 Å². The Hall–Kier alpha value is -2.82. The lowest BCUT2D eigenvalue weighted by atomic mass is 9.96. The van der Waals surface area contributed by atoms with E-state index in [9.17, 15) is 19.8 Å². The molecule has 184 valence electrons. The van der Waals surface area contributed by atoms with Gasteiger partial charge in [0.15, 0.2) is 6.29 Å². The van der Waals surface area contributed by atoms with Crippen LogP contribution in [-0.4, -0.2) is 65.9 Å². The smallest absolute Gasteiger partial charge is 0.308 e. The summed E-state index contributed by atoms with van der Waals surface area (Å²) in [5.41, 5.74) is 1.75. The molecule has 9 heteroatoms. The van der Waals surface area contributed by atoms with Crippen LogP contribution in [0.4, 0.5) is 0 Å². The van der Waals surface area contributed by atoms with Gasteiger partial charge in [0.25, 0.3) is 0 Å². The average molecular weight is 474 g/mol. The molecule has 0 aliphatic carbocycles. The fraction of sp³-hybridized carbons (Fsp3) is 0.440. The maximum absolute atomic E-state index is 12.1. The summed E-state index contributed by atoms with van der Waals surface area (Å²) in [5, 5.41) is 23.1. The topological polar surface area (TPSA) is 124 Å². The van der Waals surface area contributed by atoms with E-state index in [1.165, 1.54) is 6.92 Å². The van der Waals surface area contributed by atoms with Crippen molar-refractivity contribution in [2.75, 3.05) is 13.2 Å². The molecule has 34 heavy (non-hydrogen) atoms. The molecule has 1 aliphatic rings. The summed E-state index contributed by atoms with van der Waals surface area (Å²) < 4.78 is 22.7. The monoisotopic (exact) mass is 473 g/mol. The minimum absolute atomic E-state index is 0.0525. The molecule has 2 aromatic rings. The van der Waals surface area contributed by atoms with Crippen molar-refractivity contribution in [3.63, 3.8) is 0 Å². The molecule has 1 saturated heterocycles. The second kappa shape index (κ2) is 13.2. The first-order valence-electron chi connectivity index (χ1n) is 11.2. The minimum Gasteiger partial charge on any atom is -0.461 e. The third-order valence-corrected chi connectivity index (χ3v) is 5.34. The van der Waals surface area contributed by atoms with Crippen LogP contribution >= 0.6 is 0 Å². The van der Waals surface area contributed by atoms with E-state index in [0.29, 0.717) is 0 Å². The van der Waals surface area contributed by atoms with E-state index in [-0.39, 0.29) is 32.1 Å². The van der Waals surface area contributed by atoms with Gasteiger partial charge in [-0.15, -0.1) is 0 Å². The third kappa shape index (κ3) is 7.61. The fourth-order valence-corrected chi connectivity index (χ4v) is 3.64. The van der Waals surface area contributed by atoms with Gasteiger partial charge in [-0.2, -0.15) is 0 Å². The van der Waals surface area contributed by atoms with Crippen molar-refractivity contribution >= 4 is 11.9 Å². The van der Waals surface area contributed by atoms with Crippen LogP contribution in [0.25, 0.3) is 0 Å². The first-order chi connectivity index (χ1) is 16.5. The highest BCUT2D eigenvalue weighted by molar-refractivity contribution is 5.73. The lowest BCUT2D eigenvalue weighted by Crippen LogP contribution is -2.65. The van der Waals surface area contributed by atoms with E-state index in [1.54, 1.807) is 0 Å². The molecule has 0 aromatic heterocycles. The van der Waals surface area contributed by atoms with Crippen LogP contribution in [0.3, 0.4) is 0 Å². The highest BCUT2D eigenvalue weighted by Crippen LogP contribution is 2.25. The molecule has 3 rings (SSSR count). The van der Waals surface area contributed by atoms with Crippen LogP contribution in [0.2, 0.25) is 0 Å². The number of aliphatic hydroxyl groups excluding tert-OH is 2. The molecular formula is C25H31NO8. The number of esters is 1. The lowest BCUT2D eigenvalue weighted by Gasteiger charge is -2.44. The van der Waals surface area contributed by atoms with Crippen molar-refractivity contribution in [3.05, 3.63) is 71.8 Å². The van der Waals surface area contributed by atoms with Crippen LogP contribution in [0.15, 0.2) is 60.7 Å². The molecule has 1 aliphatic heterocycles. The standard InChI is InChI=1S/C25H31NO8/c1-17(28)26-22-24(31-13-12-21(29)32-15-18-8-4-2-5-9-18)23(30)20(14-27)34-25(22)33-16-19-10-6-3-7-11-19/h2-11,20,22-25,27,30H,12-16H2,1H3,(H,26,28)/t20-,22+,23-,24+,25-/m1/s1. The molecule has 2 aromatic carbocycles. The van der Waals surface area contributed by atoms with E-state index in [1.807, 2.05) is 60.7 Å². The molecule has 0 bridgehead atoms. The van der Waals surface area contributed by atoms with Gasteiger partial charge in [-0.25, -0.2) is 0 Å². The SMILES string of the molecule is CC(=O)N[C@@H]1[C@H](OCc2ccccc2)O[C@H](CO)[C@@H](O)[C@H]1OCCC(=O)OCc1ccccc1. The quantitative estimate of drug-likeness (QED) is 0.418. The van der Waals surface area contributed by atoms with Crippen molar-refractivity contribution < 1.29 is 38.7 Å². The largest absolute Gasteiger partial charge is 0.461 e. The Kier molecular flexibility index (Phi) is 9.99. The van der Waals surface area contributed by atoms with E-state index in [4.69, 9.17) is 18.9 Å². The normalized spacial score (nSPS) is 24.4. The number of hydrogen-bond donors (Lipinski definition) is 3. The average Bonchev–Trinajstić information content (AvgIpc) is 2.85. The Morgan fingerprint density at radius 2 is 1.59 bits per heavy atom. The van der Waals surface area contributed by atoms with Crippen LogP contribution in [-0.2, 0) is 41.8 Å². The molecule has 0 spiro atoms. The van der Waals surface area contributed by atoms with Crippen LogP contribution in [0.5, 0.6) is 0 Å². The predicted molar refractivity (Wildman–Crippen MR) is 121 cm³/mol. The summed E-state index contributed by atoms with van der Waals surface area (Å²) in [7, 11) is 0. The van der Waals surface area contributed by atoms with E-state index >= 15 is 0 Å². The Labute approximate surface area is 198 Å². The van der Waals surface area contributed by atoms with Gasteiger partial charge in [-0.1, -0.05) is 60.7 Å². The molecule has 5 atom stereocenters. The number of carbonyl (C=O) groups excluding carboxylic acids is 2. The number of aliphatic hydroxyl groups is 2. The van der Waals surface area contributed by atoms with Gasteiger partial charge in [0.2, 0.25) is 5.91 Å². The molecule has 0 saturated carbocycles. The fourth-order valence-electron chi connectivity index (χ4n) is 3.64. The maximum Gasteiger partial charge on any atom is 0.308 e. The number of nitrogens with one attached hydrogen (secondary N) is 1. The summed E-state index contributed by atoms with van der Waals surface area (Å²) >= 11 is 0. The second-order valence-electron chi connectivity index (χ2n) is 7.97. The molecule has 1 amide bonds. The van der Waals surface area contributed by atoms with E-state index in [0.717, 1.165) is 11.1 Å². The molecule has 0 unspecified atom stereocenters. The van der Waals surface area contributed by atoms with Crippen molar-refractivity contribution in [2.24, 2.45) is 0 Å². The Morgan fingerprint density at radius 1 is 0.971 bits per heavy atom. The van der Waals surface area contributed by atoms with Crippen molar-refractivity contribution in [1.82, 2.24) is 5.32 Å². The summed E-state index contributed by atoms with van der Waals surface area (Å²) in [6.07, 6.45) is -4.25. The highest BCUT2D eigenvalue weighted by Gasteiger charge is 2.47. The van der Waals surface area contributed by atoms with Crippen LogP contribution in [0, 0.1) is 0 Å². The number of hydrogen-bond acceptors (Lipinski definition) is 8. The Balaban J connectivity index is 1.60. The van der Waals surface area contributed by atoms with Gasteiger partial charge in [-0.3, -0.25) is 9.59 Å². The molecule has 1 fully saturated rings. The van der Waals surface area contributed by atoms with Crippen molar-refractivity contribution in [2.45, 2.75) is 57.2 Å². The number of rotatable bonds is 11. The zero-order valence-corrected chi connectivity index (χ0v) is 19.0. The van der Waals surface area contributed by atoms with Gasteiger partial charge < -0.3 is 34.5 Å². The predicted octanol–water partition coefficient (Wildman–Crippen LogP) is 1.30. The molecule has 3 N–H and O–H groups in total. The Morgan fingerprint density at radius 3 is 2.18 bits per heavy atom. The molecular weight excluding hydrogens is 442 g/mol. The minimum atomic E-state index is -1.25. The van der Waals surface area contributed by atoms with Gasteiger partial charge in [0.1, 0.15) is 31.0 Å². The van der Waals surface area contributed by atoms with Crippen LogP contribution in [0.1, 0.15) is 24.5 Å². The highest BCUT2D eigenvalue weighted by atomic mass is 16.7. The summed E-state index contributed by atoms with van der Waals surface area (Å²) in [6.45, 7) is 1.13.